The Morgan fingerprint density at radius 1 is 1.06 bits per heavy atom. The first-order valence-electron chi connectivity index (χ1n) is 9.93. The van der Waals surface area contributed by atoms with Gasteiger partial charge in [0.05, 0.1) is 25.6 Å². The minimum atomic E-state index is -0.699. The van der Waals surface area contributed by atoms with Crippen LogP contribution in [0, 0.1) is 6.92 Å². The Bertz CT molecular complexity index is 1320. The molecule has 2 N–H and O–H groups in total. The molecule has 1 aliphatic rings. The number of halogens is 1. The topological polar surface area (TPSA) is 110 Å². The van der Waals surface area contributed by atoms with E-state index in [1.165, 1.54) is 31.6 Å². The highest BCUT2D eigenvalue weighted by molar-refractivity contribution is 7.13. The summed E-state index contributed by atoms with van der Waals surface area (Å²) in [6, 6.07) is 11.1. The highest BCUT2D eigenvalue weighted by Gasteiger charge is 2.40. The van der Waals surface area contributed by atoms with E-state index in [1.807, 2.05) is 12.3 Å². The summed E-state index contributed by atoms with van der Waals surface area (Å²) in [5.41, 5.74) is 1.80. The summed E-state index contributed by atoms with van der Waals surface area (Å²) in [4.78, 5) is 43.5. The van der Waals surface area contributed by atoms with Gasteiger partial charge in [0, 0.05) is 22.7 Å². The molecule has 0 saturated carbocycles. The van der Waals surface area contributed by atoms with Crippen LogP contribution >= 0.6 is 22.9 Å². The number of benzene rings is 2. The quantitative estimate of drug-likeness (QED) is 0.471. The number of carbonyl (C=O) groups is 3. The number of nitrogens with zero attached hydrogens (tertiary/aromatic N) is 2. The molecule has 2 aromatic carbocycles. The van der Waals surface area contributed by atoms with E-state index < -0.39 is 11.8 Å². The van der Waals surface area contributed by atoms with Gasteiger partial charge in [-0.1, -0.05) is 11.6 Å². The number of amides is 3. The van der Waals surface area contributed by atoms with Gasteiger partial charge in [0.1, 0.15) is 22.2 Å². The Labute approximate surface area is 204 Å². The molecule has 3 amide bonds. The summed E-state index contributed by atoms with van der Waals surface area (Å²) in [5, 5.41) is 7.68. The van der Waals surface area contributed by atoms with Gasteiger partial charge in [-0.2, -0.15) is 0 Å². The number of hydrogen-bond donors (Lipinski definition) is 2. The van der Waals surface area contributed by atoms with Crippen LogP contribution in [0.25, 0.3) is 0 Å². The average Bonchev–Trinajstić information content (AvgIpc) is 3.34. The number of methoxy groups -OCH3 is 2. The van der Waals surface area contributed by atoms with E-state index >= 15 is 0 Å². The van der Waals surface area contributed by atoms with Crippen molar-refractivity contribution in [1.82, 2.24) is 4.98 Å². The molecular weight excluding hydrogens is 480 g/mol. The van der Waals surface area contributed by atoms with Crippen LogP contribution in [0.5, 0.6) is 11.5 Å². The molecular formula is C23H19ClN4O5S. The van der Waals surface area contributed by atoms with Crippen LogP contribution in [-0.4, -0.2) is 36.9 Å². The number of nitrogens with one attached hydrogen (secondary N) is 2. The predicted octanol–water partition coefficient (Wildman–Crippen LogP) is 4.16. The van der Waals surface area contributed by atoms with E-state index in [2.05, 4.69) is 15.6 Å². The van der Waals surface area contributed by atoms with Crippen LogP contribution in [0.1, 0.15) is 16.1 Å². The molecule has 0 fully saturated rings. The smallest absolute Gasteiger partial charge is 0.283 e. The summed E-state index contributed by atoms with van der Waals surface area (Å²) in [7, 11) is 2.90. The maximum absolute atomic E-state index is 13.1. The lowest BCUT2D eigenvalue weighted by Crippen LogP contribution is -2.32. The molecule has 0 saturated heterocycles. The predicted molar refractivity (Wildman–Crippen MR) is 130 cm³/mol. The van der Waals surface area contributed by atoms with Gasteiger partial charge in [-0.05, 0) is 43.3 Å². The van der Waals surface area contributed by atoms with Gasteiger partial charge in [-0.25, -0.2) is 9.88 Å². The van der Waals surface area contributed by atoms with Crippen molar-refractivity contribution in [3.63, 3.8) is 0 Å². The lowest BCUT2D eigenvalue weighted by molar-refractivity contribution is -0.120. The lowest BCUT2D eigenvalue weighted by atomic mass is 10.2. The average molecular weight is 499 g/mol. The van der Waals surface area contributed by atoms with E-state index in [4.69, 9.17) is 21.1 Å². The molecule has 11 heteroatoms. The molecule has 9 nitrogen and oxygen atoms in total. The molecule has 174 valence electrons. The Balaban J connectivity index is 1.52. The number of hydrogen-bond acceptors (Lipinski definition) is 8. The summed E-state index contributed by atoms with van der Waals surface area (Å²) >= 11 is 7.56. The molecule has 1 aromatic heterocycles. The standard InChI is InChI=1S/C23H19ClN4O5S/c1-12-11-34-23(25-12)27-20(29)13-4-6-14(7-5-13)26-19-18(24)21(30)28(22(19)31)16-10-15(32-2)8-9-17(16)33-3/h4-11,26H,1-3H3,(H,25,27,29). The summed E-state index contributed by atoms with van der Waals surface area (Å²) < 4.78 is 10.5. The van der Waals surface area contributed by atoms with Gasteiger partial charge < -0.3 is 14.8 Å². The first kappa shape index (κ1) is 23.3. The van der Waals surface area contributed by atoms with E-state index in [0.717, 1.165) is 10.6 Å². The molecule has 2 heterocycles. The van der Waals surface area contributed by atoms with E-state index in [9.17, 15) is 14.4 Å². The molecule has 34 heavy (non-hydrogen) atoms. The molecule has 0 bridgehead atoms. The largest absolute Gasteiger partial charge is 0.497 e. The number of ether oxygens (including phenoxy) is 2. The maximum Gasteiger partial charge on any atom is 0.283 e. The number of anilines is 3. The maximum atomic E-state index is 13.1. The molecule has 0 atom stereocenters. The van der Waals surface area contributed by atoms with Crippen molar-refractivity contribution in [2.45, 2.75) is 6.92 Å². The SMILES string of the molecule is COc1ccc(OC)c(N2C(=O)C(Cl)=C(Nc3ccc(C(=O)Nc4nc(C)cs4)cc3)C2=O)c1. The molecule has 1 aliphatic heterocycles. The van der Waals surface area contributed by atoms with Gasteiger partial charge in [-0.3, -0.25) is 19.7 Å². The first-order chi connectivity index (χ1) is 16.3. The highest BCUT2D eigenvalue weighted by Crippen LogP contribution is 2.38. The van der Waals surface area contributed by atoms with Crippen LogP contribution in [0.3, 0.4) is 0 Å². The second-order valence-electron chi connectivity index (χ2n) is 7.12. The third-order valence-electron chi connectivity index (χ3n) is 4.91. The molecule has 0 radical (unpaired) electrons. The fourth-order valence-electron chi connectivity index (χ4n) is 3.23. The fraction of sp³-hybridized carbons (Fsp3) is 0.130. The summed E-state index contributed by atoms with van der Waals surface area (Å²) in [5.74, 6) is -0.922. The van der Waals surface area contributed by atoms with E-state index in [0.29, 0.717) is 27.9 Å². The van der Waals surface area contributed by atoms with Crippen LogP contribution in [-0.2, 0) is 9.59 Å². The van der Waals surface area contributed by atoms with Gasteiger partial charge >= 0.3 is 0 Å². The number of carbonyl (C=O) groups excluding carboxylic acids is 3. The Hall–Kier alpha value is -3.89. The molecule has 4 rings (SSSR count). The third-order valence-corrected chi connectivity index (χ3v) is 6.14. The third kappa shape index (κ3) is 4.45. The zero-order chi connectivity index (χ0) is 24.4. The van der Waals surface area contributed by atoms with Crippen LogP contribution in [0.2, 0.25) is 0 Å². The van der Waals surface area contributed by atoms with Crippen LogP contribution in [0.15, 0.2) is 58.6 Å². The highest BCUT2D eigenvalue weighted by atomic mass is 35.5. The molecule has 0 aliphatic carbocycles. The van der Waals surface area contributed by atoms with Crippen molar-refractivity contribution in [1.29, 1.82) is 0 Å². The van der Waals surface area contributed by atoms with Gasteiger partial charge in [0.15, 0.2) is 5.13 Å². The second-order valence-corrected chi connectivity index (χ2v) is 8.36. The van der Waals surface area contributed by atoms with E-state index in [-0.39, 0.29) is 22.3 Å². The minimum Gasteiger partial charge on any atom is -0.497 e. The van der Waals surface area contributed by atoms with E-state index in [1.54, 1.807) is 36.4 Å². The van der Waals surface area contributed by atoms with Crippen molar-refractivity contribution >= 4 is 57.2 Å². The van der Waals surface area contributed by atoms with Crippen molar-refractivity contribution in [2.24, 2.45) is 0 Å². The van der Waals surface area contributed by atoms with Crippen molar-refractivity contribution < 1.29 is 23.9 Å². The van der Waals surface area contributed by atoms with Crippen molar-refractivity contribution in [2.75, 3.05) is 29.8 Å². The van der Waals surface area contributed by atoms with Crippen LogP contribution in [0.4, 0.5) is 16.5 Å². The molecule has 0 unspecified atom stereocenters. The number of imide groups is 1. The van der Waals surface area contributed by atoms with Gasteiger partial charge in [-0.15, -0.1) is 11.3 Å². The Kier molecular flexibility index (Phi) is 6.53. The second kappa shape index (κ2) is 9.54. The Morgan fingerprint density at radius 3 is 2.41 bits per heavy atom. The lowest BCUT2D eigenvalue weighted by Gasteiger charge is -2.19. The van der Waals surface area contributed by atoms with Crippen LogP contribution < -0.4 is 25.0 Å². The Morgan fingerprint density at radius 2 is 1.79 bits per heavy atom. The van der Waals surface area contributed by atoms with Crippen molar-refractivity contribution in [3.8, 4) is 11.5 Å². The molecule has 0 spiro atoms. The summed E-state index contributed by atoms with van der Waals surface area (Å²) in [6.07, 6.45) is 0. The normalized spacial score (nSPS) is 13.4. The number of rotatable bonds is 7. The number of thiazole rings is 1. The van der Waals surface area contributed by atoms with Crippen molar-refractivity contribution in [3.05, 3.63) is 69.8 Å². The monoisotopic (exact) mass is 498 g/mol. The number of aromatic nitrogens is 1. The first-order valence-corrected chi connectivity index (χ1v) is 11.2. The summed E-state index contributed by atoms with van der Waals surface area (Å²) in [6.45, 7) is 1.84. The van der Waals surface area contributed by atoms with Gasteiger partial charge in [0.25, 0.3) is 17.7 Å². The zero-order valence-electron chi connectivity index (χ0n) is 18.3. The van der Waals surface area contributed by atoms with Gasteiger partial charge in [0.2, 0.25) is 0 Å². The fourth-order valence-corrected chi connectivity index (χ4v) is 4.13. The molecule has 3 aromatic rings. The zero-order valence-corrected chi connectivity index (χ0v) is 19.9. The number of aryl methyl sites for hydroxylation is 1. The minimum absolute atomic E-state index is 0.0907.